The van der Waals surface area contributed by atoms with Crippen LogP contribution in [-0.4, -0.2) is 29.7 Å². The molecular formula is C17H24N6O2S. The molecule has 26 heavy (non-hydrogen) atoms. The van der Waals surface area contributed by atoms with Crippen molar-refractivity contribution in [3.63, 3.8) is 0 Å². The molecule has 3 aromatic heterocycles. The van der Waals surface area contributed by atoms with Gasteiger partial charge in [0, 0.05) is 12.5 Å². The summed E-state index contributed by atoms with van der Waals surface area (Å²) in [5.41, 5.74) is 2.22. The van der Waals surface area contributed by atoms with Crippen LogP contribution in [-0.2, 0) is 6.54 Å². The fraction of sp³-hybridized carbons (Fsp3) is 0.588. The number of rotatable bonds is 9. The average molecular weight is 376 g/mol. The highest BCUT2D eigenvalue weighted by Gasteiger charge is 2.19. The molecule has 3 heterocycles. The minimum atomic E-state index is -0.170. The van der Waals surface area contributed by atoms with E-state index in [1.165, 1.54) is 28.7 Å². The van der Waals surface area contributed by atoms with Gasteiger partial charge in [-0.15, -0.1) is 5.10 Å². The van der Waals surface area contributed by atoms with Gasteiger partial charge in [0.05, 0.1) is 0 Å². The van der Waals surface area contributed by atoms with Crippen molar-refractivity contribution in [3.8, 4) is 11.2 Å². The number of fused-ring (bicyclic) bond motifs is 1. The molecule has 0 aliphatic rings. The number of H-pyrrole nitrogens is 1. The molecule has 9 heteroatoms. The molecule has 0 saturated carbocycles. The molecule has 0 saturated heterocycles. The van der Waals surface area contributed by atoms with Crippen molar-refractivity contribution in [2.75, 3.05) is 0 Å². The third-order valence-corrected chi connectivity index (χ3v) is 4.83. The number of imidazole rings is 1. The Bertz CT molecular complexity index is 902. The van der Waals surface area contributed by atoms with Gasteiger partial charge in [-0.05, 0) is 12.8 Å². The molecule has 0 aliphatic carbocycles. The molecule has 0 aromatic carbocycles. The topological polar surface area (TPSA) is 98.6 Å². The first-order valence-electron chi connectivity index (χ1n) is 9.08. The summed E-state index contributed by atoms with van der Waals surface area (Å²) in [7, 11) is 0. The molecule has 8 nitrogen and oxygen atoms in total. The van der Waals surface area contributed by atoms with Gasteiger partial charge >= 0.3 is 11.2 Å². The molecule has 140 valence electrons. The van der Waals surface area contributed by atoms with E-state index in [-0.39, 0.29) is 17.5 Å². The summed E-state index contributed by atoms with van der Waals surface area (Å²) in [6, 6.07) is 0.206. The first-order chi connectivity index (χ1) is 12.6. The Morgan fingerprint density at radius 3 is 2.81 bits per heavy atom. The molecule has 0 aliphatic heterocycles. The minimum absolute atomic E-state index is 0.170. The van der Waals surface area contributed by atoms with Gasteiger partial charge < -0.3 is 9.72 Å². The fourth-order valence-corrected chi connectivity index (χ4v) is 3.24. The summed E-state index contributed by atoms with van der Waals surface area (Å²) in [5, 5.41) is 7.96. The predicted octanol–water partition coefficient (Wildman–Crippen LogP) is 3.86. The monoisotopic (exact) mass is 376 g/mol. The average Bonchev–Trinajstić information content (AvgIpc) is 3.28. The van der Waals surface area contributed by atoms with Crippen molar-refractivity contribution in [1.82, 2.24) is 29.7 Å². The molecule has 0 radical (unpaired) electrons. The molecule has 0 spiro atoms. The van der Waals surface area contributed by atoms with E-state index in [4.69, 9.17) is 4.74 Å². The van der Waals surface area contributed by atoms with Gasteiger partial charge in [0.1, 0.15) is 11.3 Å². The largest absolute Gasteiger partial charge is 0.395 e. The van der Waals surface area contributed by atoms with Crippen LogP contribution in [0.3, 0.4) is 0 Å². The third kappa shape index (κ3) is 3.92. The van der Waals surface area contributed by atoms with E-state index in [2.05, 4.69) is 39.0 Å². The summed E-state index contributed by atoms with van der Waals surface area (Å²) in [6.45, 7) is 6.82. The summed E-state index contributed by atoms with van der Waals surface area (Å²) >= 11 is 1.25. The second kappa shape index (κ2) is 8.39. The molecule has 3 rings (SSSR count). The molecule has 1 atom stereocenters. The van der Waals surface area contributed by atoms with E-state index >= 15 is 0 Å². The quantitative estimate of drug-likeness (QED) is 0.569. The number of unbranched alkanes of at least 4 members (excludes halogenated alkanes) is 2. The van der Waals surface area contributed by atoms with Crippen LogP contribution in [0.4, 0.5) is 0 Å². The van der Waals surface area contributed by atoms with Crippen molar-refractivity contribution in [1.29, 1.82) is 0 Å². The number of hydrogen-bond donors (Lipinski definition) is 1. The Morgan fingerprint density at radius 1 is 1.27 bits per heavy atom. The van der Waals surface area contributed by atoms with Gasteiger partial charge in [0.25, 0.3) is 5.56 Å². The highest BCUT2D eigenvalue weighted by molar-refractivity contribution is 7.11. The lowest BCUT2D eigenvalue weighted by atomic mass is 10.0. The Balaban J connectivity index is 1.97. The lowest BCUT2D eigenvalue weighted by molar-refractivity contribution is 0.393. The summed E-state index contributed by atoms with van der Waals surface area (Å²) in [4.78, 5) is 25.1. The molecule has 1 unspecified atom stereocenters. The van der Waals surface area contributed by atoms with Gasteiger partial charge in [-0.3, -0.25) is 9.36 Å². The zero-order chi connectivity index (χ0) is 18.5. The Hall–Kier alpha value is -2.29. The van der Waals surface area contributed by atoms with Crippen molar-refractivity contribution >= 4 is 22.5 Å². The number of ether oxygens (including phenoxy) is 1. The maximum Gasteiger partial charge on any atom is 0.308 e. The van der Waals surface area contributed by atoms with Gasteiger partial charge in [-0.25, -0.2) is 4.98 Å². The Labute approximate surface area is 155 Å². The number of nitrogens with one attached hydrogen (secondary N) is 1. The van der Waals surface area contributed by atoms with Gasteiger partial charge in [-0.2, -0.15) is 4.98 Å². The Kier molecular flexibility index (Phi) is 5.97. The van der Waals surface area contributed by atoms with E-state index in [9.17, 15) is 4.79 Å². The molecular weight excluding hydrogens is 352 g/mol. The van der Waals surface area contributed by atoms with E-state index in [1.54, 1.807) is 5.51 Å². The number of aromatic amines is 1. The van der Waals surface area contributed by atoms with Crippen LogP contribution >= 0.6 is 11.3 Å². The third-order valence-electron chi connectivity index (χ3n) is 4.27. The van der Waals surface area contributed by atoms with E-state index in [0.29, 0.717) is 22.9 Å². The van der Waals surface area contributed by atoms with Crippen LogP contribution in [0.5, 0.6) is 11.2 Å². The Morgan fingerprint density at radius 2 is 2.12 bits per heavy atom. The molecule has 3 aromatic rings. The van der Waals surface area contributed by atoms with Crippen molar-refractivity contribution in [2.45, 2.75) is 65.3 Å². The number of aromatic nitrogens is 6. The fourth-order valence-electron chi connectivity index (χ4n) is 2.84. The smallest absolute Gasteiger partial charge is 0.308 e. The second-order valence-electron chi connectivity index (χ2n) is 6.38. The first kappa shape index (κ1) is 18.5. The maximum atomic E-state index is 12.9. The normalized spacial score (nSPS) is 12.6. The van der Waals surface area contributed by atoms with Crippen LogP contribution in [0.1, 0.15) is 64.6 Å². The summed E-state index contributed by atoms with van der Waals surface area (Å²) in [5.74, 6) is 1.05. The summed E-state index contributed by atoms with van der Waals surface area (Å²) in [6.07, 6.45) is 5.35. The standard InChI is InChI=1S/C17H24N6O2S/c1-4-6-7-8-11(3)13-19-12-14(20-13)21-16(23(9-5-2)15(12)24)25-17-22-18-10-26-17/h10-11H,4-9H2,1-3H3,(H,19,20). The molecule has 0 amide bonds. The van der Waals surface area contributed by atoms with Crippen LogP contribution in [0, 0.1) is 0 Å². The minimum Gasteiger partial charge on any atom is -0.395 e. The lowest BCUT2D eigenvalue weighted by Gasteiger charge is -2.09. The number of nitrogens with zero attached hydrogens (tertiary/aromatic N) is 5. The van der Waals surface area contributed by atoms with Crippen LogP contribution in [0.2, 0.25) is 0 Å². The van der Waals surface area contributed by atoms with E-state index in [0.717, 1.165) is 25.1 Å². The zero-order valence-corrected chi connectivity index (χ0v) is 16.2. The summed E-state index contributed by atoms with van der Waals surface area (Å²) < 4.78 is 7.20. The van der Waals surface area contributed by atoms with Crippen molar-refractivity contribution in [3.05, 3.63) is 21.7 Å². The van der Waals surface area contributed by atoms with Crippen LogP contribution in [0.15, 0.2) is 10.3 Å². The van der Waals surface area contributed by atoms with Gasteiger partial charge in [0.15, 0.2) is 11.2 Å². The first-order valence-corrected chi connectivity index (χ1v) is 9.96. The maximum absolute atomic E-state index is 12.9. The lowest BCUT2D eigenvalue weighted by Crippen LogP contribution is -2.23. The van der Waals surface area contributed by atoms with Gasteiger partial charge in [-0.1, -0.05) is 56.5 Å². The predicted molar refractivity (Wildman–Crippen MR) is 101 cm³/mol. The zero-order valence-electron chi connectivity index (χ0n) is 15.4. The second-order valence-corrected chi connectivity index (χ2v) is 7.17. The molecule has 0 bridgehead atoms. The van der Waals surface area contributed by atoms with Crippen molar-refractivity contribution < 1.29 is 4.74 Å². The van der Waals surface area contributed by atoms with E-state index in [1.807, 2.05) is 6.92 Å². The van der Waals surface area contributed by atoms with Crippen LogP contribution in [0.25, 0.3) is 11.2 Å². The SMILES string of the molecule is CCCCCC(C)c1nc2nc(Oc3nncs3)n(CCC)c(=O)c2[nH]1. The molecule has 0 fully saturated rings. The highest BCUT2D eigenvalue weighted by atomic mass is 32.1. The van der Waals surface area contributed by atoms with E-state index < -0.39 is 0 Å². The van der Waals surface area contributed by atoms with Crippen LogP contribution < -0.4 is 10.3 Å². The van der Waals surface area contributed by atoms with Gasteiger partial charge in [0.2, 0.25) is 0 Å². The van der Waals surface area contributed by atoms with Crippen molar-refractivity contribution in [2.24, 2.45) is 0 Å². The number of hydrogen-bond acceptors (Lipinski definition) is 7. The highest BCUT2D eigenvalue weighted by Crippen LogP contribution is 2.24. The molecule has 1 N–H and O–H groups in total.